The Kier molecular flexibility index (Phi) is 4.90. The minimum Gasteiger partial charge on any atom is -0.358 e. The molecule has 2 fully saturated rings. The Labute approximate surface area is 144 Å². The highest BCUT2D eigenvalue weighted by Gasteiger charge is 2.35. The highest BCUT2D eigenvalue weighted by Crippen LogP contribution is 2.32. The molecule has 0 spiro atoms. The van der Waals surface area contributed by atoms with E-state index in [9.17, 15) is 20.2 Å². The molecule has 2 saturated heterocycles. The molecule has 0 saturated carbocycles. The number of thioether (sulfide) groups is 1. The van der Waals surface area contributed by atoms with Gasteiger partial charge in [-0.15, -0.1) is 0 Å². The molecule has 1 aromatic rings. The fourth-order valence-electron chi connectivity index (χ4n) is 3.28. The average molecular weight is 346 g/mol. The number of carbonyl (C=O) groups excluding carboxylic acids is 1. The molecule has 24 heavy (non-hydrogen) atoms. The highest BCUT2D eigenvalue weighted by molar-refractivity contribution is 7.99. The number of anilines is 1. The summed E-state index contributed by atoms with van der Waals surface area (Å²) in [5, 5.41) is 20.3. The van der Waals surface area contributed by atoms with Gasteiger partial charge in [0.1, 0.15) is 12.1 Å². The third kappa shape index (κ3) is 3.17. The molecule has 0 unspecified atom stereocenters. The van der Waals surface area contributed by atoms with Crippen LogP contribution in [-0.2, 0) is 4.79 Å². The molecule has 126 valence electrons. The van der Waals surface area contributed by atoms with Crippen LogP contribution < -0.4 is 4.90 Å². The van der Waals surface area contributed by atoms with Gasteiger partial charge in [-0.3, -0.25) is 14.9 Å². The minimum atomic E-state index is -0.511. The molecule has 1 atom stereocenters. The standard InChI is InChI=1S/C16H18N4O3S/c17-11-12-10-13(20(22)23)3-4-14(12)19-5-1-2-15(19)16(21)18-6-8-24-9-7-18/h3-4,10,15H,1-2,5-9H2/t15-/m1/s1. The zero-order chi connectivity index (χ0) is 17.1. The van der Waals surface area contributed by atoms with Crippen LogP contribution in [0.3, 0.4) is 0 Å². The number of nitriles is 1. The van der Waals surface area contributed by atoms with Crippen molar-refractivity contribution in [2.24, 2.45) is 0 Å². The van der Waals surface area contributed by atoms with Crippen LogP contribution in [0, 0.1) is 21.4 Å². The maximum absolute atomic E-state index is 12.8. The van der Waals surface area contributed by atoms with Gasteiger partial charge in [-0.05, 0) is 18.9 Å². The number of rotatable bonds is 3. The molecule has 1 amide bonds. The number of nitro groups is 1. The van der Waals surface area contributed by atoms with E-state index in [-0.39, 0.29) is 23.2 Å². The Morgan fingerprint density at radius 2 is 2.08 bits per heavy atom. The first-order valence-corrected chi connectivity index (χ1v) is 9.09. The maximum Gasteiger partial charge on any atom is 0.270 e. The van der Waals surface area contributed by atoms with Gasteiger partial charge in [0, 0.05) is 43.3 Å². The fraction of sp³-hybridized carbons (Fsp3) is 0.500. The van der Waals surface area contributed by atoms with Crippen LogP contribution in [0.25, 0.3) is 0 Å². The third-order valence-electron chi connectivity index (χ3n) is 4.48. The van der Waals surface area contributed by atoms with Crippen LogP contribution in [0.2, 0.25) is 0 Å². The van der Waals surface area contributed by atoms with Gasteiger partial charge >= 0.3 is 0 Å². The predicted octanol–water partition coefficient (Wildman–Crippen LogP) is 2.01. The Morgan fingerprint density at radius 3 is 2.75 bits per heavy atom. The lowest BCUT2D eigenvalue weighted by Gasteiger charge is -2.33. The summed E-state index contributed by atoms with van der Waals surface area (Å²) in [5.74, 6) is 2.02. The first kappa shape index (κ1) is 16.6. The van der Waals surface area contributed by atoms with Gasteiger partial charge in [0.2, 0.25) is 5.91 Å². The highest BCUT2D eigenvalue weighted by atomic mass is 32.2. The van der Waals surface area contributed by atoms with E-state index in [4.69, 9.17) is 0 Å². The first-order chi connectivity index (χ1) is 11.6. The number of hydrogen-bond acceptors (Lipinski definition) is 6. The topological polar surface area (TPSA) is 90.5 Å². The van der Waals surface area contributed by atoms with Gasteiger partial charge < -0.3 is 9.80 Å². The summed E-state index contributed by atoms with van der Waals surface area (Å²) in [6, 6.07) is 6.03. The zero-order valence-corrected chi connectivity index (χ0v) is 14.0. The largest absolute Gasteiger partial charge is 0.358 e. The SMILES string of the molecule is N#Cc1cc([N+](=O)[O-])ccc1N1CCC[C@@H]1C(=O)N1CCSCC1. The molecule has 0 radical (unpaired) electrons. The second kappa shape index (κ2) is 7.09. The summed E-state index contributed by atoms with van der Waals surface area (Å²) in [6.07, 6.45) is 1.63. The minimum absolute atomic E-state index is 0.106. The van der Waals surface area contributed by atoms with Gasteiger partial charge in [-0.1, -0.05) is 0 Å². The summed E-state index contributed by atoms with van der Waals surface area (Å²) in [5.41, 5.74) is 0.758. The number of nitrogens with zero attached hydrogens (tertiary/aromatic N) is 4. The molecule has 2 aliphatic heterocycles. The van der Waals surface area contributed by atoms with Crippen LogP contribution in [0.15, 0.2) is 18.2 Å². The monoisotopic (exact) mass is 346 g/mol. The molecule has 0 aromatic heterocycles. The van der Waals surface area contributed by atoms with E-state index in [1.807, 2.05) is 27.6 Å². The van der Waals surface area contributed by atoms with Crippen molar-refractivity contribution in [2.75, 3.05) is 36.0 Å². The van der Waals surface area contributed by atoms with Crippen molar-refractivity contribution >= 4 is 29.0 Å². The van der Waals surface area contributed by atoms with Gasteiger partial charge in [0.15, 0.2) is 0 Å². The number of carbonyl (C=O) groups is 1. The number of benzene rings is 1. The normalized spacial score (nSPS) is 20.7. The molecule has 0 bridgehead atoms. The Bertz CT molecular complexity index is 697. The fourth-order valence-corrected chi connectivity index (χ4v) is 4.19. The number of nitro benzene ring substituents is 1. The zero-order valence-electron chi connectivity index (χ0n) is 13.2. The van der Waals surface area contributed by atoms with Crippen molar-refractivity contribution in [3.8, 4) is 6.07 Å². The smallest absolute Gasteiger partial charge is 0.270 e. The summed E-state index contributed by atoms with van der Waals surface area (Å²) in [7, 11) is 0. The quantitative estimate of drug-likeness (QED) is 0.614. The molecule has 1 aromatic carbocycles. The molecule has 7 nitrogen and oxygen atoms in total. The van der Waals surface area contributed by atoms with Crippen LogP contribution in [0.1, 0.15) is 18.4 Å². The van der Waals surface area contributed by atoms with Crippen LogP contribution in [0.4, 0.5) is 11.4 Å². The van der Waals surface area contributed by atoms with Crippen molar-refractivity contribution in [3.63, 3.8) is 0 Å². The Morgan fingerprint density at radius 1 is 1.33 bits per heavy atom. The third-order valence-corrected chi connectivity index (χ3v) is 5.42. The lowest BCUT2D eigenvalue weighted by molar-refractivity contribution is -0.384. The molecular formula is C16H18N4O3S. The maximum atomic E-state index is 12.8. The van der Waals surface area contributed by atoms with E-state index in [0.717, 1.165) is 37.4 Å². The summed E-state index contributed by atoms with van der Waals surface area (Å²) in [6.45, 7) is 2.21. The van der Waals surface area contributed by atoms with Crippen molar-refractivity contribution in [1.82, 2.24) is 4.90 Å². The van der Waals surface area contributed by atoms with Crippen molar-refractivity contribution in [2.45, 2.75) is 18.9 Å². The van der Waals surface area contributed by atoms with Crippen molar-refractivity contribution in [3.05, 3.63) is 33.9 Å². The lowest BCUT2D eigenvalue weighted by atomic mass is 10.1. The first-order valence-electron chi connectivity index (χ1n) is 7.93. The van der Waals surface area contributed by atoms with E-state index in [1.165, 1.54) is 12.1 Å². The molecule has 2 heterocycles. The average Bonchev–Trinajstić information content (AvgIpc) is 3.10. The predicted molar refractivity (Wildman–Crippen MR) is 92.1 cm³/mol. The second-order valence-corrected chi connectivity index (χ2v) is 7.08. The van der Waals surface area contributed by atoms with E-state index < -0.39 is 4.92 Å². The lowest BCUT2D eigenvalue weighted by Crippen LogP contribution is -2.48. The number of amides is 1. The molecular weight excluding hydrogens is 328 g/mol. The van der Waals surface area contributed by atoms with E-state index in [1.54, 1.807) is 6.07 Å². The Balaban J connectivity index is 1.86. The van der Waals surface area contributed by atoms with Crippen molar-refractivity contribution in [1.29, 1.82) is 5.26 Å². The molecule has 0 aliphatic carbocycles. The van der Waals surface area contributed by atoms with E-state index >= 15 is 0 Å². The van der Waals surface area contributed by atoms with Crippen molar-refractivity contribution < 1.29 is 9.72 Å². The van der Waals surface area contributed by atoms with Gasteiger partial charge in [-0.2, -0.15) is 17.0 Å². The van der Waals surface area contributed by atoms with Crippen LogP contribution in [0.5, 0.6) is 0 Å². The van der Waals surface area contributed by atoms with Gasteiger partial charge in [0.05, 0.1) is 16.2 Å². The van der Waals surface area contributed by atoms with E-state index in [0.29, 0.717) is 12.2 Å². The van der Waals surface area contributed by atoms with Gasteiger partial charge in [-0.25, -0.2) is 0 Å². The molecule has 3 rings (SSSR count). The van der Waals surface area contributed by atoms with E-state index in [2.05, 4.69) is 0 Å². The van der Waals surface area contributed by atoms with Crippen LogP contribution in [-0.4, -0.2) is 52.9 Å². The van der Waals surface area contributed by atoms with Gasteiger partial charge in [0.25, 0.3) is 5.69 Å². The van der Waals surface area contributed by atoms with Crippen LogP contribution >= 0.6 is 11.8 Å². The number of non-ortho nitro benzene ring substituents is 1. The second-order valence-electron chi connectivity index (χ2n) is 5.86. The number of hydrogen-bond donors (Lipinski definition) is 0. The summed E-state index contributed by atoms with van der Waals surface area (Å²) < 4.78 is 0. The molecule has 0 N–H and O–H groups in total. The molecule has 8 heteroatoms. The molecule has 2 aliphatic rings. The Hall–Kier alpha value is -2.27. The summed E-state index contributed by atoms with van der Waals surface area (Å²) >= 11 is 1.85. The summed E-state index contributed by atoms with van der Waals surface area (Å²) in [4.78, 5) is 27.1.